The minimum Gasteiger partial charge on any atom is -0.337 e. The molecule has 0 saturated heterocycles. The van der Waals surface area contributed by atoms with Gasteiger partial charge < -0.3 is 9.47 Å². The van der Waals surface area contributed by atoms with Crippen LogP contribution in [0.4, 0.5) is 10.1 Å². The Labute approximate surface area is 240 Å². The maximum atomic E-state index is 14.5. The average molecular weight is 573 g/mol. The molecule has 2 aliphatic carbocycles. The predicted octanol–water partition coefficient (Wildman–Crippen LogP) is 5.56. The molecule has 0 spiro atoms. The van der Waals surface area contributed by atoms with Crippen LogP contribution in [-0.4, -0.2) is 23.9 Å². The number of amides is 1. The van der Waals surface area contributed by atoms with Crippen molar-refractivity contribution >= 4 is 21.6 Å². The molecule has 9 heteroatoms. The van der Waals surface area contributed by atoms with Crippen LogP contribution in [0.1, 0.15) is 59.3 Å². The highest BCUT2D eigenvalue weighted by molar-refractivity contribution is 7.89. The number of anilines is 1. The predicted molar refractivity (Wildman–Crippen MR) is 155 cm³/mol. The molecular formula is C32H33FN4O3S. The zero-order valence-electron chi connectivity index (χ0n) is 23.1. The van der Waals surface area contributed by atoms with Gasteiger partial charge in [-0.25, -0.2) is 22.5 Å². The fourth-order valence-corrected chi connectivity index (χ4v) is 7.07. The third-order valence-corrected chi connectivity index (χ3v) is 9.77. The van der Waals surface area contributed by atoms with E-state index in [-0.39, 0.29) is 35.0 Å². The fourth-order valence-electron chi connectivity index (χ4n) is 5.82. The van der Waals surface area contributed by atoms with Gasteiger partial charge in [0.1, 0.15) is 11.6 Å². The number of carbonyl (C=O) groups is 1. The first kappa shape index (κ1) is 27.4. The van der Waals surface area contributed by atoms with E-state index in [1.807, 2.05) is 42.9 Å². The zero-order chi connectivity index (χ0) is 28.7. The SMILES string of the molecule is Cc1ccc(S(=O)(=O)NC2CCCc3ccc(N(Cc4nccn4C)C(=O)C4CC4c4ccccc4F)cc32)cc1. The molecule has 1 N–H and O–H groups in total. The van der Waals surface area contributed by atoms with Crippen LogP contribution in [0.2, 0.25) is 0 Å². The van der Waals surface area contributed by atoms with Gasteiger partial charge in [-0.3, -0.25) is 4.79 Å². The lowest BCUT2D eigenvalue weighted by Gasteiger charge is -2.29. The number of hydrogen-bond donors (Lipinski definition) is 1. The Morgan fingerprint density at radius 3 is 2.61 bits per heavy atom. The van der Waals surface area contributed by atoms with E-state index in [0.29, 0.717) is 24.1 Å². The molecular weight excluding hydrogens is 539 g/mol. The quantitative estimate of drug-likeness (QED) is 0.300. The zero-order valence-corrected chi connectivity index (χ0v) is 23.9. The lowest BCUT2D eigenvalue weighted by molar-refractivity contribution is -0.120. The van der Waals surface area contributed by atoms with Gasteiger partial charge in [-0.1, -0.05) is 42.0 Å². The molecule has 41 heavy (non-hydrogen) atoms. The fraction of sp³-hybridized carbons (Fsp3) is 0.312. The molecule has 1 saturated carbocycles. The summed E-state index contributed by atoms with van der Waals surface area (Å²) >= 11 is 0. The molecule has 2 aliphatic rings. The molecule has 212 valence electrons. The second-order valence-electron chi connectivity index (χ2n) is 11.1. The molecule has 3 unspecified atom stereocenters. The molecule has 6 rings (SSSR count). The third kappa shape index (κ3) is 5.56. The van der Waals surface area contributed by atoms with E-state index < -0.39 is 16.1 Å². The Balaban J connectivity index is 1.32. The Morgan fingerprint density at radius 1 is 1.10 bits per heavy atom. The van der Waals surface area contributed by atoms with Crippen molar-refractivity contribution in [3.63, 3.8) is 0 Å². The summed E-state index contributed by atoms with van der Waals surface area (Å²) in [5.74, 6) is -0.163. The number of nitrogens with one attached hydrogen (secondary N) is 1. The molecule has 3 aromatic carbocycles. The summed E-state index contributed by atoms with van der Waals surface area (Å²) in [5.41, 5.74) is 4.18. The van der Waals surface area contributed by atoms with Gasteiger partial charge in [-0.2, -0.15) is 0 Å². The van der Waals surface area contributed by atoms with Crippen molar-refractivity contribution in [2.75, 3.05) is 4.90 Å². The first-order chi connectivity index (χ1) is 19.7. The first-order valence-electron chi connectivity index (χ1n) is 13.9. The Hall–Kier alpha value is -3.82. The maximum absolute atomic E-state index is 14.5. The van der Waals surface area contributed by atoms with Crippen molar-refractivity contribution in [2.24, 2.45) is 13.0 Å². The van der Waals surface area contributed by atoms with Gasteiger partial charge in [-0.05, 0) is 85.5 Å². The van der Waals surface area contributed by atoms with E-state index in [0.717, 1.165) is 35.4 Å². The van der Waals surface area contributed by atoms with Crippen LogP contribution in [0.5, 0.6) is 0 Å². The van der Waals surface area contributed by atoms with Gasteiger partial charge >= 0.3 is 0 Å². The summed E-state index contributed by atoms with van der Waals surface area (Å²) < 4.78 is 45.9. The van der Waals surface area contributed by atoms with Gasteiger partial charge in [0.25, 0.3) is 0 Å². The van der Waals surface area contributed by atoms with Crippen LogP contribution in [-0.2, 0) is 34.8 Å². The molecule has 7 nitrogen and oxygen atoms in total. The Kier molecular flexibility index (Phi) is 7.25. The van der Waals surface area contributed by atoms with Crippen LogP contribution >= 0.6 is 0 Å². The maximum Gasteiger partial charge on any atom is 0.241 e. The number of benzene rings is 3. The molecule has 0 aliphatic heterocycles. The number of rotatable bonds is 8. The molecule has 4 aromatic rings. The number of hydrogen-bond acceptors (Lipinski definition) is 4. The van der Waals surface area contributed by atoms with Crippen molar-refractivity contribution in [3.8, 4) is 0 Å². The summed E-state index contributed by atoms with van der Waals surface area (Å²) in [4.78, 5) is 20.4. The number of imidazole rings is 1. The smallest absolute Gasteiger partial charge is 0.241 e. The van der Waals surface area contributed by atoms with Crippen LogP contribution < -0.4 is 9.62 Å². The average Bonchev–Trinajstić information content (AvgIpc) is 3.65. The Bertz CT molecular complexity index is 1700. The lowest BCUT2D eigenvalue weighted by Crippen LogP contribution is -2.34. The largest absolute Gasteiger partial charge is 0.337 e. The van der Waals surface area contributed by atoms with Gasteiger partial charge in [-0.15, -0.1) is 0 Å². The molecule has 3 atom stereocenters. The van der Waals surface area contributed by atoms with Gasteiger partial charge in [0, 0.05) is 37.1 Å². The topological polar surface area (TPSA) is 84.3 Å². The summed E-state index contributed by atoms with van der Waals surface area (Å²) in [7, 11) is -1.86. The number of sulfonamides is 1. The van der Waals surface area contributed by atoms with E-state index in [4.69, 9.17) is 0 Å². The van der Waals surface area contributed by atoms with Crippen LogP contribution in [0.3, 0.4) is 0 Å². The molecule has 0 radical (unpaired) electrons. The second kappa shape index (κ2) is 10.9. The summed E-state index contributed by atoms with van der Waals surface area (Å²) in [5, 5.41) is 0. The van der Waals surface area contributed by atoms with Crippen molar-refractivity contribution in [3.05, 3.63) is 113 Å². The van der Waals surface area contributed by atoms with E-state index >= 15 is 0 Å². The van der Waals surface area contributed by atoms with Crippen molar-refractivity contribution in [1.29, 1.82) is 0 Å². The molecule has 0 bridgehead atoms. The molecule has 1 fully saturated rings. The minimum atomic E-state index is -3.74. The number of fused-ring (bicyclic) bond motifs is 1. The van der Waals surface area contributed by atoms with Crippen molar-refractivity contribution in [1.82, 2.24) is 14.3 Å². The molecule has 1 amide bonds. The first-order valence-corrected chi connectivity index (χ1v) is 15.4. The normalized spacial score (nSPS) is 19.9. The number of nitrogens with zero attached hydrogens (tertiary/aromatic N) is 3. The summed E-state index contributed by atoms with van der Waals surface area (Å²) in [6.07, 6.45) is 6.47. The Morgan fingerprint density at radius 2 is 1.88 bits per heavy atom. The molecule has 1 heterocycles. The summed E-state index contributed by atoms with van der Waals surface area (Å²) in [6.45, 7) is 2.17. The second-order valence-corrected chi connectivity index (χ2v) is 12.8. The third-order valence-electron chi connectivity index (χ3n) is 8.28. The van der Waals surface area contributed by atoms with Crippen LogP contribution in [0.25, 0.3) is 0 Å². The van der Waals surface area contributed by atoms with E-state index in [1.54, 1.807) is 53.6 Å². The lowest BCUT2D eigenvalue weighted by atomic mass is 9.87. The van der Waals surface area contributed by atoms with Gasteiger partial charge in [0.05, 0.1) is 11.4 Å². The van der Waals surface area contributed by atoms with E-state index in [2.05, 4.69) is 9.71 Å². The minimum absolute atomic E-state index is 0.0891. The number of aryl methyl sites for hydroxylation is 3. The van der Waals surface area contributed by atoms with Crippen LogP contribution in [0.15, 0.2) is 84.0 Å². The standard InChI is InChI=1S/C32H33FN4O3S/c1-21-10-14-24(15-11-21)41(39,40)35-30-9-5-6-22-12-13-23(18-26(22)30)37(20-31-34-16-17-36(31)2)32(38)28-19-27(28)25-7-3-4-8-29(25)33/h3-4,7-8,10-18,27-28,30,35H,5-6,9,19-20H2,1-2H3. The highest BCUT2D eigenvalue weighted by atomic mass is 32.2. The van der Waals surface area contributed by atoms with E-state index in [1.165, 1.54) is 6.07 Å². The van der Waals surface area contributed by atoms with Crippen molar-refractivity contribution < 1.29 is 17.6 Å². The monoisotopic (exact) mass is 572 g/mol. The number of carbonyl (C=O) groups excluding carboxylic acids is 1. The summed E-state index contributed by atoms with van der Waals surface area (Å²) in [6, 6.07) is 18.9. The van der Waals surface area contributed by atoms with Gasteiger partial charge in [0.2, 0.25) is 15.9 Å². The number of aromatic nitrogens is 2. The number of halogens is 1. The van der Waals surface area contributed by atoms with Gasteiger partial charge in [0.15, 0.2) is 0 Å². The van der Waals surface area contributed by atoms with Crippen molar-refractivity contribution in [2.45, 2.75) is 56.0 Å². The van der Waals surface area contributed by atoms with Crippen LogP contribution in [0, 0.1) is 18.7 Å². The highest BCUT2D eigenvalue weighted by Gasteiger charge is 2.47. The van der Waals surface area contributed by atoms with E-state index in [9.17, 15) is 17.6 Å². The molecule has 1 aromatic heterocycles. The highest BCUT2D eigenvalue weighted by Crippen LogP contribution is 2.50.